The van der Waals surface area contributed by atoms with Gasteiger partial charge >= 0.3 is 0 Å². The number of alkyl halides is 3. The Labute approximate surface area is 139 Å². The maximum absolute atomic E-state index is 10.3. The Morgan fingerprint density at radius 1 is 1.14 bits per heavy atom. The van der Waals surface area contributed by atoms with Gasteiger partial charge in [-0.3, -0.25) is 4.68 Å². The summed E-state index contributed by atoms with van der Waals surface area (Å²) in [5.74, 6) is 0.145. The fraction of sp³-hybridized carbons (Fsp3) is 0.400. The van der Waals surface area contributed by atoms with Crippen molar-refractivity contribution >= 4 is 34.8 Å². The van der Waals surface area contributed by atoms with E-state index < -0.39 is 3.79 Å². The predicted octanol–water partition coefficient (Wildman–Crippen LogP) is 5.15. The van der Waals surface area contributed by atoms with Crippen LogP contribution in [-0.2, 0) is 9.33 Å². The average molecular weight is 348 g/mol. The maximum Gasteiger partial charge on any atom is 0.216 e. The molecule has 1 N–H and O–H groups in total. The first-order chi connectivity index (χ1) is 9.51. The second kappa shape index (κ2) is 5.38. The Kier molecular flexibility index (Phi) is 4.22. The van der Waals surface area contributed by atoms with E-state index in [1.807, 2.05) is 33.8 Å². The van der Waals surface area contributed by atoms with Gasteiger partial charge in [-0.2, -0.15) is 5.10 Å². The molecule has 3 nitrogen and oxygen atoms in total. The lowest BCUT2D eigenvalue weighted by molar-refractivity contribution is 0.345. The number of halogens is 3. The summed E-state index contributed by atoms with van der Waals surface area (Å²) in [4.78, 5) is 0. The van der Waals surface area contributed by atoms with E-state index in [0.29, 0.717) is 22.5 Å². The highest BCUT2D eigenvalue weighted by Crippen LogP contribution is 2.41. The largest absolute Gasteiger partial charge is 0.504 e. The Balaban J connectivity index is 2.58. The van der Waals surface area contributed by atoms with Crippen molar-refractivity contribution in [3.63, 3.8) is 0 Å². The van der Waals surface area contributed by atoms with Crippen LogP contribution in [0, 0.1) is 6.92 Å². The third kappa shape index (κ3) is 3.31. The lowest BCUT2D eigenvalue weighted by atomic mass is 10.1. The Hall–Kier alpha value is -0.900. The molecule has 0 aliphatic rings. The summed E-state index contributed by atoms with van der Waals surface area (Å²) < 4.78 is 0.285. The zero-order valence-electron chi connectivity index (χ0n) is 12.3. The van der Waals surface area contributed by atoms with E-state index in [0.717, 1.165) is 0 Å². The molecule has 0 spiro atoms. The van der Waals surface area contributed by atoms with Crippen molar-refractivity contribution in [2.24, 2.45) is 0 Å². The SMILES string of the molecule is Cc1c(O)c(-c2cccc(C(Cl)(Cl)Cl)c2)nn1C(C)(C)C. The lowest BCUT2D eigenvalue weighted by Gasteiger charge is -2.20. The number of aromatic hydroxyl groups is 1. The van der Waals surface area contributed by atoms with Crippen LogP contribution < -0.4 is 0 Å². The zero-order valence-corrected chi connectivity index (χ0v) is 14.6. The normalized spacial score (nSPS) is 12.7. The fourth-order valence-electron chi connectivity index (χ4n) is 2.18. The molecule has 114 valence electrons. The van der Waals surface area contributed by atoms with Crippen molar-refractivity contribution < 1.29 is 5.11 Å². The molecule has 1 aromatic carbocycles. The molecular weight excluding hydrogens is 331 g/mol. The number of hydrogen-bond donors (Lipinski definition) is 1. The summed E-state index contributed by atoms with van der Waals surface area (Å²) >= 11 is 17.7. The molecule has 1 aromatic heterocycles. The van der Waals surface area contributed by atoms with E-state index in [-0.39, 0.29) is 11.3 Å². The van der Waals surface area contributed by atoms with Gasteiger partial charge in [0.05, 0.1) is 11.2 Å². The highest BCUT2D eigenvalue weighted by molar-refractivity contribution is 6.66. The van der Waals surface area contributed by atoms with Gasteiger partial charge in [-0.1, -0.05) is 53.0 Å². The Morgan fingerprint density at radius 2 is 1.76 bits per heavy atom. The Morgan fingerprint density at radius 3 is 2.24 bits per heavy atom. The number of aromatic nitrogens is 2. The van der Waals surface area contributed by atoms with Gasteiger partial charge < -0.3 is 5.11 Å². The van der Waals surface area contributed by atoms with E-state index in [4.69, 9.17) is 34.8 Å². The van der Waals surface area contributed by atoms with E-state index in [1.54, 1.807) is 22.9 Å². The number of benzene rings is 1. The molecular formula is C15H17Cl3N2O. The first-order valence-electron chi connectivity index (χ1n) is 6.48. The van der Waals surface area contributed by atoms with Gasteiger partial charge in [-0.25, -0.2) is 0 Å². The van der Waals surface area contributed by atoms with Crippen molar-refractivity contribution in [3.8, 4) is 17.0 Å². The summed E-state index contributed by atoms with van der Waals surface area (Å²) in [6.45, 7) is 7.89. The third-order valence-corrected chi connectivity index (χ3v) is 3.84. The van der Waals surface area contributed by atoms with Gasteiger partial charge in [-0.05, 0) is 33.8 Å². The molecule has 0 aliphatic heterocycles. The molecule has 2 rings (SSSR count). The van der Waals surface area contributed by atoms with Gasteiger partial charge in [0.25, 0.3) is 0 Å². The van der Waals surface area contributed by atoms with Crippen molar-refractivity contribution in [1.82, 2.24) is 9.78 Å². The molecule has 2 aromatic rings. The first-order valence-corrected chi connectivity index (χ1v) is 7.62. The Bertz CT molecular complexity index is 667. The molecule has 0 saturated heterocycles. The van der Waals surface area contributed by atoms with Crippen LogP contribution in [0.4, 0.5) is 0 Å². The van der Waals surface area contributed by atoms with Crippen molar-refractivity contribution in [2.45, 2.75) is 37.0 Å². The summed E-state index contributed by atoms with van der Waals surface area (Å²) in [7, 11) is 0. The topological polar surface area (TPSA) is 38.1 Å². The van der Waals surface area contributed by atoms with Gasteiger partial charge in [0.2, 0.25) is 3.79 Å². The van der Waals surface area contributed by atoms with Gasteiger partial charge in [0.15, 0.2) is 5.75 Å². The van der Waals surface area contributed by atoms with E-state index in [9.17, 15) is 5.11 Å². The monoisotopic (exact) mass is 346 g/mol. The van der Waals surface area contributed by atoms with Crippen LogP contribution in [0.5, 0.6) is 5.75 Å². The first kappa shape index (κ1) is 16.5. The van der Waals surface area contributed by atoms with E-state index in [1.165, 1.54) is 0 Å². The highest BCUT2D eigenvalue weighted by Gasteiger charge is 2.26. The minimum absolute atomic E-state index is 0.145. The molecule has 0 unspecified atom stereocenters. The molecule has 0 saturated carbocycles. The van der Waals surface area contributed by atoms with E-state index >= 15 is 0 Å². The van der Waals surface area contributed by atoms with Crippen LogP contribution in [0.1, 0.15) is 32.0 Å². The molecule has 21 heavy (non-hydrogen) atoms. The van der Waals surface area contributed by atoms with Gasteiger partial charge in [0, 0.05) is 11.1 Å². The maximum atomic E-state index is 10.3. The average Bonchev–Trinajstić information content (AvgIpc) is 2.65. The fourth-order valence-corrected chi connectivity index (χ4v) is 2.54. The number of rotatable bonds is 1. The molecule has 0 fully saturated rings. The van der Waals surface area contributed by atoms with Crippen LogP contribution in [0.15, 0.2) is 24.3 Å². The molecule has 0 atom stereocenters. The number of hydrogen-bond acceptors (Lipinski definition) is 2. The summed E-state index contributed by atoms with van der Waals surface area (Å²) in [6, 6.07) is 7.05. The molecule has 1 heterocycles. The van der Waals surface area contributed by atoms with Crippen LogP contribution in [-0.4, -0.2) is 14.9 Å². The molecule has 6 heteroatoms. The van der Waals surface area contributed by atoms with Crippen molar-refractivity contribution in [1.29, 1.82) is 0 Å². The van der Waals surface area contributed by atoms with Crippen LogP contribution in [0.3, 0.4) is 0 Å². The van der Waals surface area contributed by atoms with Crippen molar-refractivity contribution in [3.05, 3.63) is 35.5 Å². The summed E-state index contributed by atoms with van der Waals surface area (Å²) in [5, 5.41) is 14.9. The highest BCUT2D eigenvalue weighted by atomic mass is 35.6. The standard InChI is InChI=1S/C15H17Cl3N2O/c1-9-13(21)12(19-20(9)14(2,3)4)10-6-5-7-11(8-10)15(16,17)18/h5-8,21H,1-4H3. The minimum atomic E-state index is -1.51. The summed E-state index contributed by atoms with van der Waals surface area (Å²) in [5.41, 5.74) is 2.21. The smallest absolute Gasteiger partial charge is 0.216 e. The molecule has 0 radical (unpaired) electrons. The second-order valence-corrected chi connectivity index (χ2v) is 8.23. The predicted molar refractivity (Wildman–Crippen MR) is 88.3 cm³/mol. The zero-order chi connectivity index (χ0) is 16.0. The van der Waals surface area contributed by atoms with E-state index in [2.05, 4.69) is 5.10 Å². The summed E-state index contributed by atoms with van der Waals surface area (Å²) in [6.07, 6.45) is 0. The van der Waals surface area contributed by atoms with Crippen LogP contribution >= 0.6 is 34.8 Å². The molecule has 0 aliphatic carbocycles. The molecule has 0 bridgehead atoms. The minimum Gasteiger partial charge on any atom is -0.504 e. The lowest BCUT2D eigenvalue weighted by Crippen LogP contribution is -2.24. The quantitative estimate of drug-likeness (QED) is 0.725. The molecule has 0 amide bonds. The second-order valence-electron chi connectivity index (χ2n) is 5.94. The number of nitrogens with zero attached hydrogens (tertiary/aromatic N) is 2. The van der Waals surface area contributed by atoms with Gasteiger partial charge in [0.1, 0.15) is 5.69 Å². The van der Waals surface area contributed by atoms with Crippen LogP contribution in [0.2, 0.25) is 0 Å². The van der Waals surface area contributed by atoms with Crippen molar-refractivity contribution in [2.75, 3.05) is 0 Å². The third-order valence-electron chi connectivity index (χ3n) is 3.18. The van der Waals surface area contributed by atoms with Gasteiger partial charge in [-0.15, -0.1) is 0 Å². The van der Waals surface area contributed by atoms with Crippen LogP contribution in [0.25, 0.3) is 11.3 Å².